The maximum absolute atomic E-state index is 5.59. The molecule has 1 fully saturated rings. The fourth-order valence-electron chi connectivity index (χ4n) is 1.64. The van der Waals surface area contributed by atoms with Crippen LogP contribution in [0.25, 0.3) is 0 Å². The zero-order chi connectivity index (χ0) is 10.4. The minimum Gasteiger partial charge on any atom is -0.377 e. The molecule has 0 saturated carbocycles. The van der Waals surface area contributed by atoms with E-state index >= 15 is 0 Å². The van der Waals surface area contributed by atoms with Crippen LogP contribution in [0.15, 0.2) is 0 Å². The standard InChI is InChI=1S/C10H22N2OS/c1-8(2)13-7-9(12-11)10-5-3-4-6-14-10/h8-10,12H,3-7,11H2,1-2H3. The molecule has 2 unspecified atom stereocenters. The summed E-state index contributed by atoms with van der Waals surface area (Å²) in [4.78, 5) is 0. The Hall–Kier alpha value is 0.230. The summed E-state index contributed by atoms with van der Waals surface area (Å²) in [5.74, 6) is 6.81. The Labute approximate surface area is 91.1 Å². The molecule has 1 saturated heterocycles. The zero-order valence-electron chi connectivity index (χ0n) is 9.16. The van der Waals surface area contributed by atoms with Gasteiger partial charge in [-0.2, -0.15) is 11.8 Å². The zero-order valence-corrected chi connectivity index (χ0v) is 9.98. The number of nitrogens with two attached hydrogens (primary N) is 1. The molecule has 0 radical (unpaired) electrons. The summed E-state index contributed by atoms with van der Waals surface area (Å²) in [6, 6.07) is 0.308. The number of hydrogen-bond donors (Lipinski definition) is 2. The Morgan fingerprint density at radius 1 is 1.50 bits per heavy atom. The second-order valence-electron chi connectivity index (χ2n) is 4.06. The number of ether oxygens (including phenoxy) is 1. The van der Waals surface area contributed by atoms with Gasteiger partial charge in [-0.15, -0.1) is 0 Å². The largest absolute Gasteiger partial charge is 0.377 e. The molecule has 1 aliphatic rings. The Bertz CT molecular complexity index is 149. The van der Waals surface area contributed by atoms with Crippen molar-refractivity contribution in [3.63, 3.8) is 0 Å². The van der Waals surface area contributed by atoms with Crippen LogP contribution in [0.4, 0.5) is 0 Å². The van der Waals surface area contributed by atoms with E-state index in [4.69, 9.17) is 10.6 Å². The van der Waals surface area contributed by atoms with E-state index in [1.165, 1.54) is 25.0 Å². The number of rotatable bonds is 5. The molecule has 1 heterocycles. The van der Waals surface area contributed by atoms with Crippen molar-refractivity contribution in [2.45, 2.75) is 50.5 Å². The summed E-state index contributed by atoms with van der Waals surface area (Å²) in [6.07, 6.45) is 4.24. The molecule has 0 aromatic heterocycles. The molecule has 3 N–H and O–H groups in total. The van der Waals surface area contributed by atoms with E-state index in [1.807, 2.05) is 11.8 Å². The van der Waals surface area contributed by atoms with E-state index in [0.717, 1.165) is 6.61 Å². The number of hydrazine groups is 1. The second-order valence-corrected chi connectivity index (χ2v) is 5.41. The van der Waals surface area contributed by atoms with E-state index < -0.39 is 0 Å². The lowest BCUT2D eigenvalue weighted by Crippen LogP contribution is -2.47. The molecule has 0 aromatic rings. The molecular weight excluding hydrogens is 196 g/mol. The third-order valence-electron chi connectivity index (χ3n) is 2.49. The fraction of sp³-hybridized carbons (Fsp3) is 1.00. The van der Waals surface area contributed by atoms with Gasteiger partial charge < -0.3 is 4.74 Å². The summed E-state index contributed by atoms with van der Waals surface area (Å²) in [7, 11) is 0. The van der Waals surface area contributed by atoms with Crippen LogP contribution < -0.4 is 11.3 Å². The summed E-state index contributed by atoms with van der Waals surface area (Å²) in [5.41, 5.74) is 2.88. The van der Waals surface area contributed by atoms with Gasteiger partial charge in [-0.3, -0.25) is 11.3 Å². The van der Waals surface area contributed by atoms with Gasteiger partial charge in [0.25, 0.3) is 0 Å². The van der Waals surface area contributed by atoms with Gasteiger partial charge in [-0.1, -0.05) is 6.42 Å². The maximum Gasteiger partial charge on any atom is 0.0647 e. The molecule has 3 nitrogen and oxygen atoms in total. The van der Waals surface area contributed by atoms with Crippen molar-refractivity contribution in [1.82, 2.24) is 5.43 Å². The first kappa shape index (κ1) is 12.3. The number of hydrogen-bond acceptors (Lipinski definition) is 4. The SMILES string of the molecule is CC(C)OCC(NN)C1CCCCS1. The normalized spacial score (nSPS) is 25.3. The molecule has 14 heavy (non-hydrogen) atoms. The first-order valence-electron chi connectivity index (χ1n) is 5.43. The second kappa shape index (κ2) is 6.67. The minimum atomic E-state index is 0.291. The van der Waals surface area contributed by atoms with E-state index in [-0.39, 0.29) is 0 Å². The van der Waals surface area contributed by atoms with Gasteiger partial charge in [-0.05, 0) is 32.4 Å². The van der Waals surface area contributed by atoms with Crippen molar-refractivity contribution in [2.24, 2.45) is 5.84 Å². The van der Waals surface area contributed by atoms with Gasteiger partial charge in [0.15, 0.2) is 0 Å². The molecule has 0 aromatic carbocycles. The first-order chi connectivity index (χ1) is 6.74. The topological polar surface area (TPSA) is 47.3 Å². The Balaban J connectivity index is 2.28. The molecule has 0 bridgehead atoms. The quantitative estimate of drug-likeness (QED) is 0.543. The molecule has 2 atom stereocenters. The van der Waals surface area contributed by atoms with Gasteiger partial charge in [0, 0.05) is 5.25 Å². The summed E-state index contributed by atoms with van der Waals surface area (Å²) in [6.45, 7) is 4.84. The lowest BCUT2D eigenvalue weighted by molar-refractivity contribution is 0.0601. The molecule has 0 amide bonds. The van der Waals surface area contributed by atoms with E-state index in [9.17, 15) is 0 Å². The predicted octanol–water partition coefficient (Wildman–Crippen LogP) is 1.53. The Kier molecular flexibility index (Phi) is 5.86. The van der Waals surface area contributed by atoms with Crippen LogP contribution in [0, 0.1) is 0 Å². The van der Waals surface area contributed by atoms with Gasteiger partial charge in [-0.25, -0.2) is 0 Å². The number of nitrogens with one attached hydrogen (secondary N) is 1. The smallest absolute Gasteiger partial charge is 0.0647 e. The fourth-order valence-corrected chi connectivity index (χ4v) is 3.04. The van der Waals surface area contributed by atoms with Crippen molar-refractivity contribution in [2.75, 3.05) is 12.4 Å². The highest BCUT2D eigenvalue weighted by molar-refractivity contribution is 8.00. The lowest BCUT2D eigenvalue weighted by atomic mass is 10.1. The summed E-state index contributed by atoms with van der Waals surface area (Å²) in [5, 5.41) is 0.632. The number of thioether (sulfide) groups is 1. The molecule has 84 valence electrons. The highest BCUT2D eigenvalue weighted by Gasteiger charge is 2.23. The molecule has 0 spiro atoms. The third-order valence-corrected chi connectivity index (χ3v) is 4.00. The van der Waals surface area contributed by atoms with Crippen LogP contribution >= 0.6 is 11.8 Å². The van der Waals surface area contributed by atoms with Crippen molar-refractivity contribution in [1.29, 1.82) is 0 Å². The van der Waals surface area contributed by atoms with Crippen LogP contribution in [-0.2, 0) is 4.74 Å². The van der Waals surface area contributed by atoms with Crippen LogP contribution in [0.2, 0.25) is 0 Å². The first-order valence-corrected chi connectivity index (χ1v) is 6.48. The molecule has 0 aliphatic carbocycles. The Morgan fingerprint density at radius 2 is 2.29 bits per heavy atom. The Morgan fingerprint density at radius 3 is 2.79 bits per heavy atom. The molecule has 4 heteroatoms. The minimum absolute atomic E-state index is 0.291. The van der Waals surface area contributed by atoms with Gasteiger partial charge in [0.05, 0.1) is 18.8 Å². The molecular formula is C10H22N2OS. The van der Waals surface area contributed by atoms with E-state index in [0.29, 0.717) is 17.4 Å². The van der Waals surface area contributed by atoms with Crippen LogP contribution in [-0.4, -0.2) is 29.8 Å². The highest BCUT2D eigenvalue weighted by atomic mass is 32.2. The molecule has 1 aliphatic heterocycles. The maximum atomic E-state index is 5.59. The van der Waals surface area contributed by atoms with Crippen molar-refractivity contribution >= 4 is 11.8 Å². The van der Waals surface area contributed by atoms with Crippen molar-refractivity contribution in [3.05, 3.63) is 0 Å². The van der Waals surface area contributed by atoms with E-state index in [2.05, 4.69) is 19.3 Å². The van der Waals surface area contributed by atoms with E-state index in [1.54, 1.807) is 0 Å². The van der Waals surface area contributed by atoms with Crippen molar-refractivity contribution < 1.29 is 4.74 Å². The monoisotopic (exact) mass is 218 g/mol. The predicted molar refractivity (Wildman–Crippen MR) is 62.3 cm³/mol. The van der Waals surface area contributed by atoms with Gasteiger partial charge >= 0.3 is 0 Å². The summed E-state index contributed by atoms with van der Waals surface area (Å²) >= 11 is 2.03. The van der Waals surface area contributed by atoms with Crippen LogP contribution in [0.5, 0.6) is 0 Å². The summed E-state index contributed by atoms with van der Waals surface area (Å²) < 4.78 is 5.59. The lowest BCUT2D eigenvalue weighted by Gasteiger charge is -2.29. The average molecular weight is 218 g/mol. The third kappa shape index (κ3) is 4.17. The van der Waals surface area contributed by atoms with Gasteiger partial charge in [0.1, 0.15) is 0 Å². The molecule has 1 rings (SSSR count). The van der Waals surface area contributed by atoms with Crippen LogP contribution in [0.3, 0.4) is 0 Å². The average Bonchev–Trinajstić information content (AvgIpc) is 2.20. The highest BCUT2D eigenvalue weighted by Crippen LogP contribution is 2.27. The van der Waals surface area contributed by atoms with Gasteiger partial charge in [0.2, 0.25) is 0 Å². The van der Waals surface area contributed by atoms with Crippen LogP contribution in [0.1, 0.15) is 33.1 Å². The van der Waals surface area contributed by atoms with Crippen molar-refractivity contribution in [3.8, 4) is 0 Å².